The molecule has 1 N–H and O–H groups in total. The smallest absolute Gasteiger partial charge is 0.137 e. The van der Waals surface area contributed by atoms with E-state index in [0.29, 0.717) is 12.1 Å². The van der Waals surface area contributed by atoms with Crippen molar-refractivity contribution in [2.45, 2.75) is 24.9 Å². The van der Waals surface area contributed by atoms with Gasteiger partial charge in [0.15, 0.2) is 0 Å². The van der Waals surface area contributed by atoms with Gasteiger partial charge in [0, 0.05) is 42.0 Å². The van der Waals surface area contributed by atoms with Crippen LogP contribution in [0.2, 0.25) is 0 Å². The molecule has 0 spiro atoms. The lowest BCUT2D eigenvalue weighted by atomic mass is 10.0. The Kier molecular flexibility index (Phi) is 4.11. The average Bonchev–Trinajstić information content (AvgIpc) is 3.11. The van der Waals surface area contributed by atoms with Gasteiger partial charge in [-0.3, -0.25) is 9.88 Å². The maximum atomic E-state index is 5.48. The summed E-state index contributed by atoms with van der Waals surface area (Å²) in [4.78, 5) is 7.11. The van der Waals surface area contributed by atoms with E-state index in [1.807, 2.05) is 12.1 Å². The number of aromatic nitrogens is 1. The van der Waals surface area contributed by atoms with Crippen LogP contribution in [0, 0.1) is 0 Å². The van der Waals surface area contributed by atoms with Crippen LogP contribution in [0.5, 0.6) is 0 Å². The number of furan rings is 1. The van der Waals surface area contributed by atoms with Crippen molar-refractivity contribution < 1.29 is 9.15 Å². The van der Waals surface area contributed by atoms with Crippen LogP contribution in [-0.2, 0) is 4.74 Å². The fraction of sp³-hybridized carbons (Fsp3) is 0.381. The highest BCUT2D eigenvalue weighted by molar-refractivity contribution is 5.91. The van der Waals surface area contributed by atoms with E-state index in [1.165, 1.54) is 18.5 Å². The van der Waals surface area contributed by atoms with Gasteiger partial charge in [0.25, 0.3) is 0 Å². The van der Waals surface area contributed by atoms with Crippen molar-refractivity contribution in [3.63, 3.8) is 0 Å². The van der Waals surface area contributed by atoms with Gasteiger partial charge < -0.3 is 14.5 Å². The number of pyridine rings is 1. The second-order valence-electron chi connectivity index (χ2n) is 7.22. The lowest BCUT2D eigenvalue weighted by Gasteiger charge is -2.41. The van der Waals surface area contributed by atoms with Gasteiger partial charge >= 0.3 is 0 Å². The Morgan fingerprint density at radius 3 is 2.54 bits per heavy atom. The zero-order valence-corrected chi connectivity index (χ0v) is 14.7. The van der Waals surface area contributed by atoms with Crippen LogP contribution in [0.25, 0.3) is 22.2 Å². The largest absolute Gasteiger partial charge is 0.464 e. The quantitative estimate of drug-likeness (QED) is 0.777. The van der Waals surface area contributed by atoms with Gasteiger partial charge in [-0.15, -0.1) is 0 Å². The van der Waals surface area contributed by atoms with Crippen molar-refractivity contribution in [2.75, 3.05) is 31.6 Å². The number of nitrogens with zero attached hydrogens (tertiary/aromatic N) is 2. The van der Waals surface area contributed by atoms with Crippen LogP contribution in [0.3, 0.4) is 0 Å². The number of piperidine rings is 1. The molecule has 0 amide bonds. The van der Waals surface area contributed by atoms with Crippen molar-refractivity contribution in [3.05, 3.63) is 48.9 Å². The van der Waals surface area contributed by atoms with Gasteiger partial charge in [-0.05, 0) is 37.1 Å². The highest BCUT2D eigenvalue weighted by atomic mass is 16.5. The third kappa shape index (κ3) is 2.97. The molecule has 2 saturated heterocycles. The third-order valence-corrected chi connectivity index (χ3v) is 5.58. The lowest BCUT2D eigenvalue weighted by molar-refractivity contribution is -0.0705. The second kappa shape index (κ2) is 6.74. The van der Waals surface area contributed by atoms with E-state index in [0.717, 1.165) is 48.5 Å². The molecule has 2 aliphatic heterocycles. The number of hydrogen-bond donors (Lipinski definition) is 1. The third-order valence-electron chi connectivity index (χ3n) is 5.58. The Hall–Kier alpha value is -2.37. The van der Waals surface area contributed by atoms with Gasteiger partial charge in [0.1, 0.15) is 5.58 Å². The zero-order valence-electron chi connectivity index (χ0n) is 14.7. The Balaban J connectivity index is 1.25. The minimum Gasteiger partial charge on any atom is -0.464 e. The van der Waals surface area contributed by atoms with Crippen molar-refractivity contribution in [1.82, 2.24) is 9.88 Å². The Morgan fingerprint density at radius 1 is 1.00 bits per heavy atom. The molecule has 0 unspecified atom stereocenters. The van der Waals surface area contributed by atoms with Gasteiger partial charge in [-0.25, -0.2) is 0 Å². The number of nitrogens with one attached hydrogen (secondary N) is 1. The van der Waals surface area contributed by atoms with Crippen LogP contribution in [0.15, 0.2) is 53.3 Å². The summed E-state index contributed by atoms with van der Waals surface area (Å²) in [6.07, 6.45) is 5.89. The summed E-state index contributed by atoms with van der Waals surface area (Å²) in [6, 6.07) is 13.7. The molecular weight excluding hydrogens is 326 g/mol. The van der Waals surface area contributed by atoms with E-state index in [-0.39, 0.29) is 0 Å². The van der Waals surface area contributed by atoms with E-state index < -0.39 is 0 Å². The highest BCUT2D eigenvalue weighted by Crippen LogP contribution is 2.28. The number of ether oxygens (including phenoxy) is 1. The van der Waals surface area contributed by atoms with Crippen LogP contribution in [0.4, 0.5) is 5.69 Å². The Morgan fingerprint density at radius 2 is 1.81 bits per heavy atom. The molecular formula is C21H23N3O2. The van der Waals surface area contributed by atoms with Crippen molar-refractivity contribution in [1.29, 1.82) is 0 Å². The number of anilines is 1. The standard InChI is InChI=1S/C21H23N3O2/c1-3-16(23-17-6-10-24(11-7-17)18-13-25-14-18)4-2-15(1)21-19-8-12-26-20(19)5-9-22-21/h1-5,8-9,12,17-18,23H,6-7,10-11,13-14H2. The monoisotopic (exact) mass is 349 g/mol. The van der Waals surface area contributed by atoms with Gasteiger partial charge in [-0.2, -0.15) is 0 Å². The van der Waals surface area contributed by atoms with E-state index >= 15 is 0 Å². The number of likely N-dealkylation sites (tertiary alicyclic amines) is 1. The summed E-state index contributed by atoms with van der Waals surface area (Å²) < 4.78 is 10.8. The molecule has 0 bridgehead atoms. The first-order chi connectivity index (χ1) is 12.9. The molecule has 26 heavy (non-hydrogen) atoms. The summed E-state index contributed by atoms with van der Waals surface area (Å²) in [5, 5.41) is 4.75. The summed E-state index contributed by atoms with van der Waals surface area (Å²) in [5.41, 5.74) is 4.14. The van der Waals surface area contributed by atoms with Gasteiger partial charge in [0.2, 0.25) is 0 Å². The summed E-state index contributed by atoms with van der Waals surface area (Å²) >= 11 is 0. The molecule has 0 saturated carbocycles. The highest BCUT2D eigenvalue weighted by Gasteiger charge is 2.29. The molecule has 1 aromatic carbocycles. The summed E-state index contributed by atoms with van der Waals surface area (Å²) in [7, 11) is 0. The predicted molar refractivity (Wildman–Crippen MR) is 102 cm³/mol. The number of rotatable bonds is 4. The fourth-order valence-corrected chi connectivity index (χ4v) is 3.93. The first kappa shape index (κ1) is 15.9. The van der Waals surface area contributed by atoms with Crippen molar-refractivity contribution in [3.8, 4) is 11.3 Å². The summed E-state index contributed by atoms with van der Waals surface area (Å²) in [5.74, 6) is 0. The SMILES string of the molecule is c1cc2occc2c(-c2ccc(NC3CCN(C4COC4)CC3)cc2)n1. The molecule has 0 atom stereocenters. The Labute approximate surface area is 153 Å². The number of fused-ring (bicyclic) bond motifs is 1. The average molecular weight is 349 g/mol. The van der Waals surface area contributed by atoms with Crippen molar-refractivity contribution >= 4 is 16.7 Å². The molecule has 134 valence electrons. The molecule has 5 rings (SSSR count). The molecule has 0 radical (unpaired) electrons. The Bertz CT molecular complexity index is 878. The van der Waals surface area contributed by atoms with Gasteiger partial charge in [-0.1, -0.05) is 12.1 Å². The molecule has 4 heterocycles. The molecule has 2 aliphatic rings. The topological polar surface area (TPSA) is 50.5 Å². The maximum absolute atomic E-state index is 5.48. The summed E-state index contributed by atoms with van der Waals surface area (Å²) in [6.45, 7) is 4.15. The first-order valence-electron chi connectivity index (χ1n) is 9.38. The minimum absolute atomic E-state index is 0.550. The normalized spacial score (nSPS) is 19.5. The van der Waals surface area contributed by atoms with Crippen LogP contribution >= 0.6 is 0 Å². The zero-order chi connectivity index (χ0) is 17.3. The van der Waals surface area contributed by atoms with Crippen LogP contribution < -0.4 is 5.32 Å². The fourth-order valence-electron chi connectivity index (χ4n) is 3.93. The molecule has 2 aromatic heterocycles. The van der Waals surface area contributed by atoms with Crippen LogP contribution in [0.1, 0.15) is 12.8 Å². The molecule has 5 nitrogen and oxygen atoms in total. The second-order valence-corrected chi connectivity index (χ2v) is 7.22. The van der Waals surface area contributed by atoms with E-state index in [4.69, 9.17) is 9.15 Å². The van der Waals surface area contributed by atoms with E-state index in [1.54, 1.807) is 12.5 Å². The van der Waals surface area contributed by atoms with Crippen molar-refractivity contribution in [2.24, 2.45) is 0 Å². The van der Waals surface area contributed by atoms with E-state index in [9.17, 15) is 0 Å². The minimum atomic E-state index is 0.550. The molecule has 5 heteroatoms. The predicted octanol–water partition coefficient (Wildman–Crippen LogP) is 3.77. The van der Waals surface area contributed by atoms with E-state index in [2.05, 4.69) is 39.5 Å². The molecule has 0 aliphatic carbocycles. The van der Waals surface area contributed by atoms with Gasteiger partial charge in [0.05, 0.1) is 31.2 Å². The number of hydrogen-bond acceptors (Lipinski definition) is 5. The first-order valence-corrected chi connectivity index (χ1v) is 9.38. The lowest BCUT2D eigenvalue weighted by Crippen LogP contribution is -2.53. The number of benzene rings is 1. The molecule has 2 fully saturated rings. The van der Waals surface area contributed by atoms with Crippen LogP contribution in [-0.4, -0.2) is 48.3 Å². The maximum Gasteiger partial charge on any atom is 0.137 e. The molecule has 3 aromatic rings.